The van der Waals surface area contributed by atoms with E-state index in [2.05, 4.69) is 21.0 Å². The van der Waals surface area contributed by atoms with Crippen LogP contribution in [0.4, 0.5) is 4.39 Å². The molecule has 5 heteroatoms. The van der Waals surface area contributed by atoms with Crippen LogP contribution in [-0.4, -0.2) is 9.78 Å². The van der Waals surface area contributed by atoms with Gasteiger partial charge in [-0.25, -0.2) is 4.39 Å². The lowest BCUT2D eigenvalue weighted by Crippen LogP contribution is -2.16. The summed E-state index contributed by atoms with van der Waals surface area (Å²) in [7, 11) is 1.83. The molecule has 0 spiro atoms. The van der Waals surface area contributed by atoms with Crippen molar-refractivity contribution in [1.82, 2.24) is 9.78 Å². The molecule has 1 heterocycles. The Balaban J connectivity index is 2.43. The van der Waals surface area contributed by atoms with E-state index in [1.165, 1.54) is 6.07 Å². The van der Waals surface area contributed by atoms with Gasteiger partial charge in [0, 0.05) is 7.05 Å². The van der Waals surface area contributed by atoms with Crippen LogP contribution in [0.3, 0.4) is 0 Å². The van der Waals surface area contributed by atoms with Crippen LogP contribution >= 0.6 is 15.9 Å². The van der Waals surface area contributed by atoms with E-state index in [1.54, 1.807) is 29.9 Å². The number of nitrogens with two attached hydrogens (primary N) is 1. The van der Waals surface area contributed by atoms with Crippen LogP contribution in [0.25, 0.3) is 0 Å². The van der Waals surface area contributed by atoms with Gasteiger partial charge in [0.15, 0.2) is 0 Å². The highest BCUT2D eigenvalue weighted by molar-refractivity contribution is 9.10. The van der Waals surface area contributed by atoms with E-state index in [4.69, 9.17) is 5.73 Å². The molecule has 3 nitrogen and oxygen atoms in total. The molecule has 0 bridgehead atoms. The average Bonchev–Trinajstić information content (AvgIpc) is 2.62. The van der Waals surface area contributed by atoms with Crippen LogP contribution in [-0.2, 0) is 7.05 Å². The van der Waals surface area contributed by atoms with Crippen molar-refractivity contribution in [3.05, 3.63) is 51.5 Å². The van der Waals surface area contributed by atoms with Gasteiger partial charge in [-0.3, -0.25) is 4.68 Å². The van der Waals surface area contributed by atoms with Gasteiger partial charge in [-0.2, -0.15) is 5.10 Å². The third-order valence-electron chi connectivity index (χ3n) is 2.77. The summed E-state index contributed by atoms with van der Waals surface area (Å²) in [4.78, 5) is 0. The normalized spacial score (nSPS) is 12.8. The fourth-order valence-corrected chi connectivity index (χ4v) is 2.38. The summed E-state index contributed by atoms with van der Waals surface area (Å²) in [6, 6.07) is 4.58. The van der Waals surface area contributed by atoms with Crippen molar-refractivity contribution < 1.29 is 4.39 Å². The van der Waals surface area contributed by atoms with E-state index in [0.717, 1.165) is 15.7 Å². The summed E-state index contributed by atoms with van der Waals surface area (Å²) >= 11 is 3.41. The van der Waals surface area contributed by atoms with E-state index < -0.39 is 0 Å². The fourth-order valence-electron chi connectivity index (χ4n) is 1.79. The fraction of sp³-hybridized carbons (Fsp3) is 0.250. The zero-order valence-corrected chi connectivity index (χ0v) is 11.2. The molecule has 2 aromatic rings. The lowest BCUT2D eigenvalue weighted by molar-refractivity contribution is 0.615. The zero-order chi connectivity index (χ0) is 12.6. The van der Waals surface area contributed by atoms with Gasteiger partial charge in [-0.05, 0) is 40.0 Å². The molecule has 0 saturated heterocycles. The number of nitrogens with zero attached hydrogens (tertiary/aromatic N) is 2. The van der Waals surface area contributed by atoms with Crippen molar-refractivity contribution in [1.29, 1.82) is 0 Å². The van der Waals surface area contributed by atoms with Gasteiger partial charge in [-0.1, -0.05) is 12.1 Å². The predicted octanol–water partition coefficient (Wildman–Crippen LogP) is 2.68. The standard InChI is InChI=1S/C12H13BrFN3/c1-7-5-8(3-4-10(7)14)11(15)12-9(13)6-16-17(12)2/h3-6,11H,15H2,1-2H3. The van der Waals surface area contributed by atoms with Crippen molar-refractivity contribution >= 4 is 15.9 Å². The molecule has 2 rings (SSSR count). The largest absolute Gasteiger partial charge is 0.319 e. The SMILES string of the molecule is Cc1cc(C(N)c2c(Br)cnn2C)ccc1F. The maximum atomic E-state index is 13.2. The maximum absolute atomic E-state index is 13.2. The van der Waals surface area contributed by atoms with E-state index in [1.807, 2.05) is 7.05 Å². The van der Waals surface area contributed by atoms with E-state index in [-0.39, 0.29) is 11.9 Å². The van der Waals surface area contributed by atoms with E-state index in [0.29, 0.717) is 5.56 Å². The number of rotatable bonds is 2. The van der Waals surface area contributed by atoms with Crippen LogP contribution in [0.2, 0.25) is 0 Å². The first-order valence-electron chi connectivity index (χ1n) is 5.19. The first-order valence-corrected chi connectivity index (χ1v) is 5.99. The third-order valence-corrected chi connectivity index (χ3v) is 3.38. The second-order valence-electron chi connectivity index (χ2n) is 3.99. The van der Waals surface area contributed by atoms with Gasteiger partial charge in [0.1, 0.15) is 5.82 Å². The quantitative estimate of drug-likeness (QED) is 0.926. The summed E-state index contributed by atoms with van der Waals surface area (Å²) < 4.78 is 15.8. The molecule has 0 saturated carbocycles. The summed E-state index contributed by atoms with van der Waals surface area (Å²) in [6.07, 6.45) is 1.70. The molecule has 1 aromatic heterocycles. The van der Waals surface area contributed by atoms with Crippen LogP contribution in [0.5, 0.6) is 0 Å². The number of benzene rings is 1. The highest BCUT2D eigenvalue weighted by Gasteiger charge is 2.17. The second kappa shape index (κ2) is 4.58. The number of halogens is 2. The molecule has 0 aliphatic heterocycles. The Bertz CT molecular complexity index is 531. The highest BCUT2D eigenvalue weighted by atomic mass is 79.9. The summed E-state index contributed by atoms with van der Waals surface area (Å²) in [5.74, 6) is -0.218. The molecular formula is C12H13BrFN3. The van der Waals surface area contributed by atoms with Crippen LogP contribution in [0.15, 0.2) is 28.9 Å². The van der Waals surface area contributed by atoms with Crippen molar-refractivity contribution in [3.63, 3.8) is 0 Å². The second-order valence-corrected chi connectivity index (χ2v) is 4.84. The van der Waals surface area contributed by atoms with E-state index in [9.17, 15) is 4.39 Å². The number of hydrogen-bond acceptors (Lipinski definition) is 2. The molecule has 0 aliphatic rings. The molecule has 1 unspecified atom stereocenters. The van der Waals surface area contributed by atoms with Gasteiger partial charge >= 0.3 is 0 Å². The first kappa shape index (κ1) is 12.3. The van der Waals surface area contributed by atoms with Crippen LogP contribution in [0, 0.1) is 12.7 Å². The summed E-state index contributed by atoms with van der Waals surface area (Å²) in [5, 5.41) is 4.12. The summed E-state index contributed by atoms with van der Waals surface area (Å²) in [6.45, 7) is 1.73. The highest BCUT2D eigenvalue weighted by Crippen LogP contribution is 2.26. The van der Waals surface area contributed by atoms with Gasteiger partial charge in [0.25, 0.3) is 0 Å². The Morgan fingerprint density at radius 1 is 1.47 bits per heavy atom. The molecule has 0 fully saturated rings. The zero-order valence-electron chi connectivity index (χ0n) is 9.61. The Hall–Kier alpha value is -1.20. The minimum Gasteiger partial charge on any atom is -0.319 e. The Morgan fingerprint density at radius 2 is 2.18 bits per heavy atom. The van der Waals surface area contributed by atoms with Crippen molar-refractivity contribution in [2.24, 2.45) is 12.8 Å². The summed E-state index contributed by atoms with van der Waals surface area (Å²) in [5.41, 5.74) is 8.50. The maximum Gasteiger partial charge on any atom is 0.126 e. The Kier molecular flexibility index (Phi) is 3.31. The van der Waals surface area contributed by atoms with Gasteiger partial charge in [-0.15, -0.1) is 0 Å². The topological polar surface area (TPSA) is 43.8 Å². The Morgan fingerprint density at radius 3 is 2.71 bits per heavy atom. The van der Waals surface area contributed by atoms with Crippen molar-refractivity contribution in [3.8, 4) is 0 Å². The number of aryl methyl sites for hydroxylation is 2. The monoisotopic (exact) mass is 297 g/mol. The molecule has 0 amide bonds. The first-order chi connectivity index (χ1) is 8.00. The van der Waals surface area contributed by atoms with Gasteiger partial charge in [0.05, 0.1) is 22.4 Å². The number of aromatic nitrogens is 2. The molecule has 1 aromatic carbocycles. The van der Waals surface area contributed by atoms with Crippen molar-refractivity contribution in [2.45, 2.75) is 13.0 Å². The molecule has 1 atom stereocenters. The van der Waals surface area contributed by atoms with Gasteiger partial charge in [0.2, 0.25) is 0 Å². The minimum atomic E-state index is -0.323. The smallest absolute Gasteiger partial charge is 0.126 e. The molecule has 90 valence electrons. The average molecular weight is 298 g/mol. The lowest BCUT2D eigenvalue weighted by Gasteiger charge is -2.14. The molecule has 0 aliphatic carbocycles. The predicted molar refractivity (Wildman–Crippen MR) is 68.1 cm³/mol. The van der Waals surface area contributed by atoms with Crippen molar-refractivity contribution in [2.75, 3.05) is 0 Å². The lowest BCUT2D eigenvalue weighted by atomic mass is 10.0. The Labute approximate surface area is 108 Å². The minimum absolute atomic E-state index is 0.218. The van der Waals surface area contributed by atoms with Gasteiger partial charge < -0.3 is 5.73 Å². The molecule has 17 heavy (non-hydrogen) atoms. The van der Waals surface area contributed by atoms with Crippen LogP contribution in [0.1, 0.15) is 22.9 Å². The van der Waals surface area contributed by atoms with Crippen LogP contribution < -0.4 is 5.73 Å². The molecule has 2 N–H and O–H groups in total. The third kappa shape index (κ3) is 2.25. The molecular weight excluding hydrogens is 285 g/mol. The van der Waals surface area contributed by atoms with E-state index >= 15 is 0 Å². The number of hydrogen-bond donors (Lipinski definition) is 1. The molecule has 0 radical (unpaired) electrons.